The molecule has 150 valence electrons. The molecule has 29 heavy (non-hydrogen) atoms. The average Bonchev–Trinajstić information content (AvgIpc) is 3.29. The number of rotatable bonds is 5. The van der Waals surface area contributed by atoms with Crippen LogP contribution in [0.25, 0.3) is 10.9 Å². The van der Waals surface area contributed by atoms with E-state index in [1.165, 1.54) is 40.2 Å². The van der Waals surface area contributed by atoms with Crippen LogP contribution in [-0.2, 0) is 12.1 Å². The summed E-state index contributed by atoms with van der Waals surface area (Å²) in [4.78, 5) is 3.86. The van der Waals surface area contributed by atoms with Gasteiger partial charge in [0.25, 0.3) is 0 Å². The SMILES string of the molecule is Cc1nn([C@H](C)[C@](O)(Cn2cncn2)c2ccc(F)cc2F)c2ccc(F)cc12. The lowest BCUT2D eigenvalue weighted by molar-refractivity contribution is -0.0355. The van der Waals surface area contributed by atoms with Crippen molar-refractivity contribution in [3.63, 3.8) is 0 Å². The van der Waals surface area contributed by atoms with Crippen LogP contribution in [0, 0.1) is 24.4 Å². The maximum absolute atomic E-state index is 14.7. The molecule has 0 aliphatic carbocycles. The quantitative estimate of drug-likeness (QED) is 0.556. The molecule has 2 aromatic heterocycles. The third kappa shape index (κ3) is 3.27. The second kappa shape index (κ2) is 7.00. The number of hydrogen-bond acceptors (Lipinski definition) is 4. The molecule has 0 saturated heterocycles. The molecule has 2 aromatic carbocycles. The zero-order valence-electron chi connectivity index (χ0n) is 15.7. The Hall–Kier alpha value is -3.20. The molecule has 0 bridgehead atoms. The first kappa shape index (κ1) is 19.1. The van der Waals surface area contributed by atoms with Gasteiger partial charge in [-0.3, -0.25) is 4.68 Å². The second-order valence-electron chi connectivity index (χ2n) is 7.01. The predicted molar refractivity (Wildman–Crippen MR) is 99.4 cm³/mol. The second-order valence-corrected chi connectivity index (χ2v) is 7.01. The van der Waals surface area contributed by atoms with E-state index in [-0.39, 0.29) is 12.1 Å². The summed E-state index contributed by atoms with van der Waals surface area (Å²) in [7, 11) is 0. The van der Waals surface area contributed by atoms with Gasteiger partial charge >= 0.3 is 0 Å². The lowest BCUT2D eigenvalue weighted by Gasteiger charge is -2.35. The molecule has 4 rings (SSSR count). The van der Waals surface area contributed by atoms with E-state index in [1.54, 1.807) is 19.9 Å². The molecule has 2 heterocycles. The minimum atomic E-state index is -1.86. The van der Waals surface area contributed by atoms with Crippen LogP contribution in [0.2, 0.25) is 0 Å². The van der Waals surface area contributed by atoms with E-state index in [0.29, 0.717) is 16.6 Å². The van der Waals surface area contributed by atoms with Crippen molar-refractivity contribution in [3.05, 3.63) is 77.8 Å². The van der Waals surface area contributed by atoms with Crippen molar-refractivity contribution < 1.29 is 18.3 Å². The van der Waals surface area contributed by atoms with E-state index in [4.69, 9.17) is 0 Å². The third-order valence-electron chi connectivity index (χ3n) is 5.18. The summed E-state index contributed by atoms with van der Waals surface area (Å²) in [5.74, 6) is -2.05. The highest BCUT2D eigenvalue weighted by molar-refractivity contribution is 5.82. The Bertz CT molecular complexity index is 1170. The van der Waals surface area contributed by atoms with Crippen molar-refractivity contribution >= 4 is 10.9 Å². The van der Waals surface area contributed by atoms with Gasteiger partial charge in [-0.1, -0.05) is 6.07 Å². The summed E-state index contributed by atoms with van der Waals surface area (Å²) < 4.78 is 44.7. The van der Waals surface area contributed by atoms with Gasteiger partial charge in [0.2, 0.25) is 0 Å². The molecule has 0 aliphatic rings. The third-order valence-corrected chi connectivity index (χ3v) is 5.18. The van der Waals surface area contributed by atoms with Gasteiger partial charge in [-0.05, 0) is 38.1 Å². The highest BCUT2D eigenvalue weighted by Gasteiger charge is 2.41. The Balaban J connectivity index is 1.89. The van der Waals surface area contributed by atoms with Gasteiger partial charge in [0.05, 0.1) is 23.8 Å². The molecule has 0 saturated carbocycles. The molecular weight excluding hydrogens is 383 g/mol. The smallest absolute Gasteiger partial charge is 0.137 e. The summed E-state index contributed by atoms with van der Waals surface area (Å²) in [6, 6.07) is 6.40. The molecule has 0 amide bonds. The molecule has 6 nitrogen and oxygen atoms in total. The number of nitrogens with zero attached hydrogens (tertiary/aromatic N) is 5. The Morgan fingerprint density at radius 2 is 1.83 bits per heavy atom. The maximum atomic E-state index is 14.7. The van der Waals surface area contributed by atoms with Gasteiger partial charge in [0, 0.05) is 17.0 Å². The lowest BCUT2D eigenvalue weighted by atomic mass is 9.86. The van der Waals surface area contributed by atoms with Crippen LogP contribution < -0.4 is 0 Å². The van der Waals surface area contributed by atoms with E-state index >= 15 is 0 Å². The number of aryl methyl sites for hydroxylation is 1. The standard InChI is InChI=1S/C20H18F3N5O/c1-12-16-7-14(21)4-6-19(16)28(26-12)13(2)20(29,9-27-11-24-10-25-27)17-5-3-15(22)8-18(17)23/h3-8,10-11,13,29H,9H2,1-2H3/t13-,20-/m1/s1. The van der Waals surface area contributed by atoms with Crippen LogP contribution in [-0.4, -0.2) is 29.7 Å². The van der Waals surface area contributed by atoms with Crippen molar-refractivity contribution in [2.24, 2.45) is 0 Å². The largest absolute Gasteiger partial charge is 0.381 e. The molecule has 0 aliphatic heterocycles. The first-order chi connectivity index (χ1) is 13.8. The number of aliphatic hydroxyl groups is 1. The van der Waals surface area contributed by atoms with E-state index in [0.717, 1.165) is 12.1 Å². The fraction of sp³-hybridized carbons (Fsp3) is 0.250. The van der Waals surface area contributed by atoms with Gasteiger partial charge < -0.3 is 5.11 Å². The van der Waals surface area contributed by atoms with Crippen LogP contribution in [0.5, 0.6) is 0 Å². The highest BCUT2D eigenvalue weighted by Crippen LogP contribution is 2.38. The molecule has 9 heteroatoms. The van der Waals surface area contributed by atoms with Crippen LogP contribution in [0.15, 0.2) is 49.1 Å². The molecule has 0 spiro atoms. The minimum absolute atomic E-state index is 0.106. The van der Waals surface area contributed by atoms with Gasteiger partial charge in [-0.2, -0.15) is 10.2 Å². The van der Waals surface area contributed by atoms with E-state index in [2.05, 4.69) is 15.2 Å². The minimum Gasteiger partial charge on any atom is -0.381 e. The van der Waals surface area contributed by atoms with Crippen molar-refractivity contribution in [1.29, 1.82) is 0 Å². The van der Waals surface area contributed by atoms with Crippen molar-refractivity contribution in [2.45, 2.75) is 32.0 Å². The Morgan fingerprint density at radius 3 is 2.52 bits per heavy atom. The molecule has 4 aromatic rings. The van der Waals surface area contributed by atoms with Crippen molar-refractivity contribution in [1.82, 2.24) is 24.5 Å². The summed E-state index contributed by atoms with van der Waals surface area (Å²) in [5.41, 5.74) is -0.819. The normalized spacial score (nSPS) is 14.8. The van der Waals surface area contributed by atoms with Crippen LogP contribution in [0.3, 0.4) is 0 Å². The molecule has 2 atom stereocenters. The van der Waals surface area contributed by atoms with Crippen molar-refractivity contribution in [2.75, 3.05) is 0 Å². The molecular formula is C20H18F3N5O. The van der Waals surface area contributed by atoms with Crippen LogP contribution in [0.4, 0.5) is 13.2 Å². The van der Waals surface area contributed by atoms with Gasteiger partial charge in [0.1, 0.15) is 35.7 Å². The summed E-state index contributed by atoms with van der Waals surface area (Å²) >= 11 is 0. The van der Waals surface area contributed by atoms with E-state index in [1.807, 2.05) is 0 Å². The number of aromatic nitrogens is 5. The highest BCUT2D eigenvalue weighted by atomic mass is 19.1. The average molecular weight is 401 g/mol. The fourth-order valence-electron chi connectivity index (χ4n) is 3.61. The number of halogens is 3. The Kier molecular flexibility index (Phi) is 4.62. The van der Waals surface area contributed by atoms with Crippen LogP contribution in [0.1, 0.15) is 24.2 Å². The van der Waals surface area contributed by atoms with E-state index < -0.39 is 29.1 Å². The number of benzene rings is 2. The number of hydrogen-bond donors (Lipinski definition) is 1. The fourth-order valence-corrected chi connectivity index (χ4v) is 3.61. The lowest BCUT2D eigenvalue weighted by Crippen LogP contribution is -2.41. The van der Waals surface area contributed by atoms with Gasteiger partial charge in [0.15, 0.2) is 0 Å². The summed E-state index contributed by atoms with van der Waals surface area (Å²) in [6.07, 6.45) is 2.68. The monoisotopic (exact) mass is 401 g/mol. The summed E-state index contributed by atoms with van der Waals surface area (Å²) in [5, 5.41) is 20.7. The first-order valence-corrected chi connectivity index (χ1v) is 8.94. The predicted octanol–water partition coefficient (Wildman–Crippen LogP) is 3.50. The molecule has 0 fully saturated rings. The zero-order chi connectivity index (χ0) is 20.8. The molecule has 0 radical (unpaired) electrons. The molecule has 1 N–H and O–H groups in total. The van der Waals surface area contributed by atoms with E-state index in [9.17, 15) is 18.3 Å². The number of fused-ring (bicyclic) bond motifs is 1. The Morgan fingerprint density at radius 1 is 1.10 bits per heavy atom. The maximum Gasteiger partial charge on any atom is 0.137 e. The van der Waals surface area contributed by atoms with Crippen molar-refractivity contribution in [3.8, 4) is 0 Å². The van der Waals surface area contributed by atoms with Gasteiger partial charge in [-0.15, -0.1) is 0 Å². The molecule has 0 unspecified atom stereocenters. The first-order valence-electron chi connectivity index (χ1n) is 8.94. The van der Waals surface area contributed by atoms with Gasteiger partial charge in [-0.25, -0.2) is 22.8 Å². The zero-order valence-corrected chi connectivity index (χ0v) is 15.7. The topological polar surface area (TPSA) is 68.8 Å². The van der Waals surface area contributed by atoms with Crippen LogP contribution >= 0.6 is 0 Å². The summed E-state index contributed by atoms with van der Waals surface area (Å²) in [6.45, 7) is 3.23. The Labute approximate surface area is 164 Å².